The van der Waals surface area contributed by atoms with Gasteiger partial charge in [0.1, 0.15) is 4.21 Å². The first-order chi connectivity index (χ1) is 6.78. The van der Waals surface area contributed by atoms with Crippen LogP contribution in [-0.2, 0) is 9.84 Å². The second-order valence-electron chi connectivity index (χ2n) is 4.47. The highest BCUT2D eigenvalue weighted by molar-refractivity contribution is 7.93. The minimum absolute atomic E-state index is 0.0160. The molecule has 0 bridgehead atoms. The lowest BCUT2D eigenvalue weighted by Gasteiger charge is -2.20. The number of sulfone groups is 1. The van der Waals surface area contributed by atoms with E-state index < -0.39 is 15.3 Å². The summed E-state index contributed by atoms with van der Waals surface area (Å²) < 4.78 is 24.4. The fourth-order valence-corrected chi connectivity index (χ4v) is 4.69. The predicted molar refractivity (Wildman–Crippen MR) is 62.0 cm³/mol. The van der Waals surface area contributed by atoms with E-state index in [9.17, 15) is 8.42 Å². The maximum atomic E-state index is 12.0. The third-order valence-corrected chi connectivity index (χ3v) is 6.01. The Morgan fingerprint density at radius 2 is 2.07 bits per heavy atom. The molecule has 5 heteroatoms. The quantitative estimate of drug-likeness (QED) is 0.884. The van der Waals surface area contributed by atoms with Gasteiger partial charge in [-0.25, -0.2) is 8.42 Å². The molecule has 0 aromatic carbocycles. The highest BCUT2D eigenvalue weighted by atomic mass is 32.2. The number of thiophene rings is 1. The van der Waals surface area contributed by atoms with E-state index in [1.54, 1.807) is 32.2 Å². The van der Waals surface area contributed by atoms with Crippen molar-refractivity contribution in [2.75, 3.05) is 12.4 Å². The molecule has 0 fully saturated rings. The molecule has 1 rings (SSSR count). The molecule has 15 heavy (non-hydrogen) atoms. The first kappa shape index (κ1) is 12.7. The van der Waals surface area contributed by atoms with Crippen molar-refractivity contribution in [2.24, 2.45) is 5.41 Å². The van der Waals surface area contributed by atoms with E-state index in [1.807, 2.05) is 0 Å². The summed E-state index contributed by atoms with van der Waals surface area (Å²) >= 11 is 1.24. The molecule has 0 spiro atoms. The van der Waals surface area contributed by atoms with Gasteiger partial charge >= 0.3 is 0 Å². The van der Waals surface area contributed by atoms with Crippen LogP contribution in [0.4, 0.5) is 0 Å². The van der Waals surface area contributed by atoms with Gasteiger partial charge in [-0.1, -0.05) is 13.8 Å². The Balaban J connectivity index is 3.01. The zero-order valence-corrected chi connectivity index (χ0v) is 10.8. The average molecular weight is 248 g/mol. The first-order valence-corrected chi connectivity index (χ1v) is 7.19. The Morgan fingerprint density at radius 1 is 1.47 bits per heavy atom. The lowest BCUT2D eigenvalue weighted by molar-refractivity contribution is 0.179. The summed E-state index contributed by atoms with van der Waals surface area (Å²) in [5.74, 6) is -0.0160. The summed E-state index contributed by atoms with van der Waals surface area (Å²) in [5, 5.41) is 10.8. The number of aliphatic hydroxyl groups is 1. The Labute approximate surface area is 94.7 Å². The van der Waals surface area contributed by atoms with Crippen molar-refractivity contribution in [1.82, 2.24) is 0 Å². The van der Waals surface area contributed by atoms with Gasteiger partial charge in [0, 0.05) is 12.0 Å². The maximum absolute atomic E-state index is 12.0. The van der Waals surface area contributed by atoms with Crippen LogP contribution in [0.25, 0.3) is 0 Å². The van der Waals surface area contributed by atoms with Gasteiger partial charge < -0.3 is 5.11 Å². The minimum Gasteiger partial charge on any atom is -0.396 e. The van der Waals surface area contributed by atoms with Crippen molar-refractivity contribution in [2.45, 2.75) is 25.0 Å². The SMILES string of the molecule is Cc1ccsc1S(=O)(=O)CC(C)(C)CO. The summed E-state index contributed by atoms with van der Waals surface area (Å²) in [7, 11) is -3.26. The second kappa shape index (κ2) is 4.23. The number of hydrogen-bond donors (Lipinski definition) is 1. The fourth-order valence-electron chi connectivity index (χ4n) is 1.30. The largest absolute Gasteiger partial charge is 0.396 e. The number of hydrogen-bond acceptors (Lipinski definition) is 4. The highest BCUT2D eigenvalue weighted by Crippen LogP contribution is 2.27. The van der Waals surface area contributed by atoms with Gasteiger partial charge in [-0.15, -0.1) is 11.3 Å². The lowest BCUT2D eigenvalue weighted by atomic mass is 9.98. The molecule has 0 radical (unpaired) electrons. The summed E-state index contributed by atoms with van der Waals surface area (Å²) in [5.41, 5.74) is 0.198. The minimum atomic E-state index is -3.26. The number of rotatable bonds is 4. The summed E-state index contributed by atoms with van der Waals surface area (Å²) in [6.45, 7) is 5.15. The molecular formula is C10H16O3S2. The molecule has 0 aliphatic carbocycles. The van der Waals surface area contributed by atoms with Crippen molar-refractivity contribution >= 4 is 21.2 Å². The normalized spacial score (nSPS) is 13.1. The molecule has 1 N–H and O–H groups in total. The molecule has 0 saturated heterocycles. The molecule has 1 aromatic rings. The van der Waals surface area contributed by atoms with E-state index in [2.05, 4.69) is 0 Å². The summed E-state index contributed by atoms with van der Waals surface area (Å²) in [6, 6.07) is 1.80. The van der Waals surface area contributed by atoms with Crippen LogP contribution in [0.1, 0.15) is 19.4 Å². The maximum Gasteiger partial charge on any atom is 0.188 e. The molecule has 0 saturated carbocycles. The van der Waals surface area contributed by atoms with Crippen LogP contribution in [0.2, 0.25) is 0 Å². The first-order valence-electron chi connectivity index (χ1n) is 4.66. The third-order valence-electron chi connectivity index (χ3n) is 2.11. The van der Waals surface area contributed by atoms with Gasteiger partial charge in [0.2, 0.25) is 0 Å². The molecule has 1 aromatic heterocycles. The van der Waals surface area contributed by atoms with Crippen LogP contribution >= 0.6 is 11.3 Å². The smallest absolute Gasteiger partial charge is 0.188 e. The predicted octanol–water partition coefficient (Wildman–Crippen LogP) is 1.85. The van der Waals surface area contributed by atoms with Crippen molar-refractivity contribution < 1.29 is 13.5 Å². The molecular weight excluding hydrogens is 232 g/mol. The standard InChI is InChI=1S/C10H16O3S2/c1-8-4-5-14-9(8)15(12,13)7-10(2,3)6-11/h4-5,11H,6-7H2,1-3H3. The van der Waals surface area contributed by atoms with E-state index in [-0.39, 0.29) is 12.4 Å². The summed E-state index contributed by atoms with van der Waals surface area (Å²) in [4.78, 5) is 0. The topological polar surface area (TPSA) is 54.4 Å². The average Bonchev–Trinajstić information content (AvgIpc) is 2.50. The summed E-state index contributed by atoms with van der Waals surface area (Å²) in [6.07, 6.45) is 0. The molecule has 86 valence electrons. The van der Waals surface area contributed by atoms with Gasteiger partial charge in [0.15, 0.2) is 9.84 Å². The van der Waals surface area contributed by atoms with E-state index in [1.165, 1.54) is 11.3 Å². The van der Waals surface area contributed by atoms with E-state index in [0.29, 0.717) is 4.21 Å². The monoisotopic (exact) mass is 248 g/mol. The molecule has 0 aliphatic rings. The zero-order valence-electron chi connectivity index (χ0n) is 9.15. The lowest BCUT2D eigenvalue weighted by Crippen LogP contribution is -2.27. The Hall–Kier alpha value is -0.390. The zero-order chi connectivity index (χ0) is 11.7. The van der Waals surface area contributed by atoms with E-state index >= 15 is 0 Å². The fraction of sp³-hybridized carbons (Fsp3) is 0.600. The molecule has 0 atom stereocenters. The molecule has 0 unspecified atom stereocenters. The highest BCUT2D eigenvalue weighted by Gasteiger charge is 2.28. The van der Waals surface area contributed by atoms with Crippen molar-refractivity contribution in [3.05, 3.63) is 17.0 Å². The van der Waals surface area contributed by atoms with Crippen molar-refractivity contribution in [3.8, 4) is 0 Å². The van der Waals surface area contributed by atoms with Gasteiger partial charge in [0.05, 0.1) is 5.75 Å². The van der Waals surface area contributed by atoms with Gasteiger partial charge in [-0.05, 0) is 23.9 Å². The van der Waals surface area contributed by atoms with Crippen LogP contribution in [0, 0.1) is 12.3 Å². The van der Waals surface area contributed by atoms with Gasteiger partial charge in [0.25, 0.3) is 0 Å². The Morgan fingerprint density at radius 3 is 2.47 bits per heavy atom. The Bertz CT molecular complexity index is 429. The van der Waals surface area contributed by atoms with Crippen LogP contribution in [0.3, 0.4) is 0 Å². The second-order valence-corrected chi connectivity index (χ2v) is 7.57. The van der Waals surface area contributed by atoms with Crippen molar-refractivity contribution in [1.29, 1.82) is 0 Å². The van der Waals surface area contributed by atoms with Crippen LogP contribution in [0.5, 0.6) is 0 Å². The van der Waals surface area contributed by atoms with E-state index in [4.69, 9.17) is 5.11 Å². The van der Waals surface area contributed by atoms with Gasteiger partial charge in [-0.2, -0.15) is 0 Å². The number of aliphatic hydroxyl groups excluding tert-OH is 1. The molecule has 0 aliphatic heterocycles. The number of aryl methyl sites for hydroxylation is 1. The third kappa shape index (κ3) is 3.03. The molecule has 1 heterocycles. The molecule has 3 nitrogen and oxygen atoms in total. The van der Waals surface area contributed by atoms with Crippen LogP contribution < -0.4 is 0 Å². The van der Waals surface area contributed by atoms with Crippen LogP contribution in [0.15, 0.2) is 15.7 Å². The van der Waals surface area contributed by atoms with Gasteiger partial charge in [-0.3, -0.25) is 0 Å². The molecule has 0 amide bonds. The Kier molecular flexibility index (Phi) is 3.58. The van der Waals surface area contributed by atoms with Crippen molar-refractivity contribution in [3.63, 3.8) is 0 Å². The van der Waals surface area contributed by atoms with Crippen LogP contribution in [-0.4, -0.2) is 25.9 Å². The van der Waals surface area contributed by atoms with E-state index in [0.717, 1.165) is 5.56 Å².